The molecule has 8 nitrogen and oxygen atoms in total. The zero-order valence-electron chi connectivity index (χ0n) is 16.9. The molecule has 0 bridgehead atoms. The van der Waals surface area contributed by atoms with Crippen LogP contribution in [0.2, 0.25) is 0 Å². The third-order valence-electron chi connectivity index (χ3n) is 4.75. The first-order chi connectivity index (χ1) is 13.2. The minimum atomic E-state index is -0.209. The maximum atomic E-state index is 11.8. The Kier molecular flexibility index (Phi) is 10.3. The van der Waals surface area contributed by atoms with Crippen LogP contribution in [0.3, 0.4) is 0 Å². The Bertz CT molecular complexity index is 447. The van der Waals surface area contributed by atoms with E-state index in [2.05, 4.69) is 22.5 Å². The monoisotopic (exact) mass is 384 g/mol. The summed E-state index contributed by atoms with van der Waals surface area (Å²) in [7, 11) is 0. The number of hydrogen-bond donors (Lipinski definition) is 2. The van der Waals surface area contributed by atoms with E-state index in [0.717, 1.165) is 57.8 Å². The Hall–Kier alpha value is -1.54. The molecule has 156 valence electrons. The summed E-state index contributed by atoms with van der Waals surface area (Å²) >= 11 is 0. The van der Waals surface area contributed by atoms with Crippen LogP contribution in [-0.4, -0.2) is 81.7 Å². The number of guanidine groups is 1. The van der Waals surface area contributed by atoms with Crippen LogP contribution in [0.1, 0.15) is 46.0 Å². The second-order valence-electron chi connectivity index (χ2n) is 6.93. The average Bonchev–Trinajstić information content (AvgIpc) is 3.19. The van der Waals surface area contributed by atoms with Gasteiger partial charge in [-0.05, 0) is 46.0 Å². The highest BCUT2D eigenvalue weighted by Crippen LogP contribution is 2.12. The van der Waals surface area contributed by atoms with Crippen molar-refractivity contribution in [3.63, 3.8) is 0 Å². The Morgan fingerprint density at radius 1 is 1.26 bits per heavy atom. The molecule has 8 heteroatoms. The van der Waals surface area contributed by atoms with E-state index >= 15 is 0 Å². The van der Waals surface area contributed by atoms with E-state index < -0.39 is 0 Å². The van der Waals surface area contributed by atoms with E-state index in [-0.39, 0.29) is 12.2 Å². The molecule has 1 amide bonds. The van der Waals surface area contributed by atoms with Crippen molar-refractivity contribution >= 4 is 12.1 Å². The van der Waals surface area contributed by atoms with Crippen molar-refractivity contribution in [3.8, 4) is 0 Å². The third-order valence-corrected chi connectivity index (χ3v) is 4.75. The number of rotatable bonds is 9. The van der Waals surface area contributed by atoms with Crippen molar-refractivity contribution in [2.75, 3.05) is 52.6 Å². The summed E-state index contributed by atoms with van der Waals surface area (Å²) in [5.74, 6) is 0.839. The van der Waals surface area contributed by atoms with E-state index in [0.29, 0.717) is 39.0 Å². The van der Waals surface area contributed by atoms with Crippen LogP contribution >= 0.6 is 0 Å². The van der Waals surface area contributed by atoms with Gasteiger partial charge in [-0.15, -0.1) is 0 Å². The molecule has 2 N–H and O–H groups in total. The number of nitrogens with zero attached hydrogens (tertiary/aromatic N) is 2. The molecule has 2 aliphatic rings. The maximum Gasteiger partial charge on any atom is 0.409 e. The fourth-order valence-corrected chi connectivity index (χ4v) is 3.28. The zero-order valence-corrected chi connectivity index (χ0v) is 16.9. The first kappa shape index (κ1) is 21.8. The second kappa shape index (κ2) is 12.8. The molecule has 2 rings (SSSR count). The van der Waals surface area contributed by atoms with Gasteiger partial charge in [0, 0.05) is 45.4 Å². The smallest absolute Gasteiger partial charge is 0.409 e. The van der Waals surface area contributed by atoms with E-state index in [1.165, 1.54) is 0 Å². The van der Waals surface area contributed by atoms with Crippen molar-refractivity contribution in [3.05, 3.63) is 0 Å². The highest BCUT2D eigenvalue weighted by Gasteiger charge is 2.24. The first-order valence-corrected chi connectivity index (χ1v) is 10.4. The largest absolute Gasteiger partial charge is 0.450 e. The van der Waals surface area contributed by atoms with E-state index in [1.807, 2.05) is 6.92 Å². The lowest BCUT2D eigenvalue weighted by atomic mass is 10.1. The normalized spacial score (nSPS) is 21.3. The molecule has 0 spiro atoms. The van der Waals surface area contributed by atoms with Crippen LogP contribution in [0.4, 0.5) is 4.79 Å². The molecule has 2 saturated heterocycles. The van der Waals surface area contributed by atoms with Crippen LogP contribution in [0.5, 0.6) is 0 Å². The van der Waals surface area contributed by atoms with Crippen LogP contribution in [0.25, 0.3) is 0 Å². The van der Waals surface area contributed by atoms with Crippen LogP contribution in [-0.2, 0) is 14.2 Å². The van der Waals surface area contributed by atoms with Gasteiger partial charge in [0.2, 0.25) is 0 Å². The van der Waals surface area contributed by atoms with Crippen LogP contribution in [0.15, 0.2) is 4.99 Å². The Balaban J connectivity index is 1.62. The van der Waals surface area contributed by atoms with Gasteiger partial charge in [-0.3, -0.25) is 4.99 Å². The van der Waals surface area contributed by atoms with Crippen LogP contribution < -0.4 is 10.6 Å². The fourth-order valence-electron chi connectivity index (χ4n) is 3.28. The molecule has 1 unspecified atom stereocenters. The number of carbonyl (C=O) groups excluding carboxylic acids is 1. The van der Waals surface area contributed by atoms with E-state index in [9.17, 15) is 4.79 Å². The summed E-state index contributed by atoms with van der Waals surface area (Å²) in [6.45, 7) is 9.57. The summed E-state index contributed by atoms with van der Waals surface area (Å²) in [5, 5.41) is 6.78. The highest BCUT2D eigenvalue weighted by molar-refractivity contribution is 5.80. The molecule has 27 heavy (non-hydrogen) atoms. The van der Waals surface area contributed by atoms with Crippen molar-refractivity contribution in [1.82, 2.24) is 15.5 Å². The molecule has 0 aromatic rings. The molecule has 2 heterocycles. The number of piperidine rings is 1. The Morgan fingerprint density at radius 3 is 2.74 bits per heavy atom. The van der Waals surface area contributed by atoms with Gasteiger partial charge in [0.15, 0.2) is 5.96 Å². The van der Waals surface area contributed by atoms with Crippen molar-refractivity contribution in [2.45, 2.75) is 58.1 Å². The number of ether oxygens (including phenoxy) is 3. The molecular weight excluding hydrogens is 348 g/mol. The van der Waals surface area contributed by atoms with Gasteiger partial charge >= 0.3 is 6.09 Å². The molecule has 1 atom stereocenters. The average molecular weight is 385 g/mol. The molecule has 0 aliphatic carbocycles. The standard InChI is InChI=1S/C19H36N4O4/c1-3-20-18(21-10-6-13-25-15-17-7-5-14-27-17)22-16-8-11-23(12-9-16)19(24)26-4-2/h16-17H,3-15H2,1-2H3,(H2,20,21,22). The predicted molar refractivity (Wildman–Crippen MR) is 105 cm³/mol. The molecule has 0 saturated carbocycles. The van der Waals surface area contributed by atoms with Gasteiger partial charge in [-0.2, -0.15) is 0 Å². The lowest BCUT2D eigenvalue weighted by Crippen LogP contribution is -2.49. The van der Waals surface area contributed by atoms with Gasteiger partial charge in [0.05, 0.1) is 19.3 Å². The fraction of sp³-hybridized carbons (Fsp3) is 0.895. The Morgan fingerprint density at radius 2 is 2.07 bits per heavy atom. The maximum absolute atomic E-state index is 11.8. The van der Waals surface area contributed by atoms with Gasteiger partial charge in [-0.1, -0.05) is 0 Å². The number of nitrogens with one attached hydrogen (secondary N) is 2. The van der Waals surface area contributed by atoms with Crippen molar-refractivity contribution in [2.24, 2.45) is 4.99 Å². The SMILES string of the molecule is CCNC(=NCCCOCC1CCCO1)NC1CCN(C(=O)OCC)CC1. The molecular formula is C19H36N4O4. The molecule has 2 fully saturated rings. The van der Waals surface area contributed by atoms with Crippen molar-refractivity contribution < 1.29 is 19.0 Å². The number of aliphatic imine (C=N–C) groups is 1. The number of hydrogen-bond acceptors (Lipinski definition) is 5. The zero-order chi connectivity index (χ0) is 19.3. The van der Waals surface area contributed by atoms with E-state index in [4.69, 9.17) is 14.2 Å². The Labute approximate surface area is 163 Å². The van der Waals surface area contributed by atoms with Gasteiger partial charge < -0.3 is 29.7 Å². The minimum Gasteiger partial charge on any atom is -0.450 e. The van der Waals surface area contributed by atoms with Gasteiger partial charge in [0.1, 0.15) is 0 Å². The topological polar surface area (TPSA) is 84.4 Å². The second-order valence-corrected chi connectivity index (χ2v) is 6.93. The summed E-state index contributed by atoms with van der Waals surface area (Å²) < 4.78 is 16.3. The van der Waals surface area contributed by atoms with Crippen molar-refractivity contribution in [1.29, 1.82) is 0 Å². The van der Waals surface area contributed by atoms with E-state index in [1.54, 1.807) is 4.90 Å². The quantitative estimate of drug-likeness (QED) is 0.358. The third kappa shape index (κ3) is 8.34. The number of carbonyl (C=O) groups is 1. The van der Waals surface area contributed by atoms with Gasteiger partial charge in [0.25, 0.3) is 0 Å². The lowest BCUT2D eigenvalue weighted by Gasteiger charge is -2.32. The number of amides is 1. The lowest BCUT2D eigenvalue weighted by molar-refractivity contribution is 0.0171. The van der Waals surface area contributed by atoms with Gasteiger partial charge in [-0.25, -0.2) is 4.79 Å². The predicted octanol–water partition coefficient (Wildman–Crippen LogP) is 1.75. The summed E-state index contributed by atoms with van der Waals surface area (Å²) in [5.41, 5.74) is 0. The van der Waals surface area contributed by atoms with Crippen LogP contribution in [0, 0.1) is 0 Å². The summed E-state index contributed by atoms with van der Waals surface area (Å²) in [4.78, 5) is 18.2. The highest BCUT2D eigenvalue weighted by atomic mass is 16.6. The number of likely N-dealkylation sites (tertiary alicyclic amines) is 1. The molecule has 2 aliphatic heterocycles. The summed E-state index contributed by atoms with van der Waals surface area (Å²) in [6, 6.07) is 0.323. The minimum absolute atomic E-state index is 0.209. The molecule has 0 aromatic carbocycles. The summed E-state index contributed by atoms with van der Waals surface area (Å²) in [6.07, 6.45) is 5.02. The molecule has 0 radical (unpaired) electrons. The molecule has 0 aromatic heterocycles. The first-order valence-electron chi connectivity index (χ1n) is 10.4.